The Kier molecular flexibility index (Phi) is 19.4. The van der Waals surface area contributed by atoms with Crippen LogP contribution in [0, 0.1) is 52.3 Å². The van der Waals surface area contributed by atoms with Gasteiger partial charge in [-0.05, 0) is 116 Å². The number of fused-ring (bicyclic) bond motifs is 5. The molecule has 4 fully saturated rings. The first-order chi connectivity index (χ1) is 28.3. The Labute approximate surface area is 361 Å². The fraction of sp³-hybridized carbons (Fsp3) is 0.904. The van der Waals surface area contributed by atoms with E-state index in [-0.39, 0.29) is 24.1 Å². The minimum atomic E-state index is -1.44. The second-order valence-corrected chi connectivity index (χ2v) is 21.1. The van der Waals surface area contributed by atoms with Gasteiger partial charge in [-0.3, -0.25) is 4.79 Å². The molecule has 0 aromatic carbocycles. The molecule has 14 atom stereocenters. The van der Waals surface area contributed by atoms with Gasteiger partial charge in [0.2, 0.25) is 0 Å². The number of hydrogen-bond acceptors (Lipinski definition) is 7. The van der Waals surface area contributed by atoms with Crippen LogP contribution in [-0.2, 0) is 19.0 Å². The second-order valence-electron chi connectivity index (χ2n) is 21.1. The number of unbranched alkanes of at least 4 members (excludes halogenated alkanes) is 13. The van der Waals surface area contributed by atoms with E-state index in [0.29, 0.717) is 35.5 Å². The lowest BCUT2D eigenvalue weighted by atomic mass is 9.47. The SMILES string of the molecule is CCCCCCCCCCCCCCCCC(=O)OC[C@H]1O[C@@H](O[C@H]2CC[C@@]3(C)C(=CC[C@H]4[C@@H]5CC[C@H]([C@H](C)/C=C/[C@@H](CC)C(C)C)[C@@]5(C)CC[C@@H]43)C2)[C@H](O)[C@@H](O)[C@@H]1O. The highest BCUT2D eigenvalue weighted by Gasteiger charge is 2.59. The molecule has 0 unspecified atom stereocenters. The molecule has 59 heavy (non-hydrogen) atoms. The largest absolute Gasteiger partial charge is 0.463 e. The van der Waals surface area contributed by atoms with Crippen molar-refractivity contribution in [1.29, 1.82) is 0 Å². The molecule has 7 heteroatoms. The van der Waals surface area contributed by atoms with Crippen LogP contribution in [0.5, 0.6) is 0 Å². The van der Waals surface area contributed by atoms with Crippen molar-refractivity contribution in [2.45, 2.75) is 239 Å². The molecule has 1 saturated heterocycles. The zero-order chi connectivity index (χ0) is 42.6. The molecule has 340 valence electrons. The van der Waals surface area contributed by atoms with E-state index in [1.165, 1.54) is 108 Å². The molecule has 5 aliphatic rings. The van der Waals surface area contributed by atoms with Crippen molar-refractivity contribution in [2.24, 2.45) is 52.3 Å². The van der Waals surface area contributed by atoms with Gasteiger partial charge in [-0.15, -0.1) is 0 Å². The minimum absolute atomic E-state index is 0.147. The van der Waals surface area contributed by atoms with Crippen molar-refractivity contribution in [3.05, 3.63) is 23.8 Å². The maximum atomic E-state index is 12.6. The quantitative estimate of drug-likeness (QED) is 0.0505. The third kappa shape index (κ3) is 12.5. The Bertz CT molecular complexity index is 1310. The molecule has 5 rings (SSSR count). The van der Waals surface area contributed by atoms with Crippen molar-refractivity contribution < 1.29 is 34.3 Å². The number of esters is 1. The van der Waals surface area contributed by atoms with Gasteiger partial charge in [-0.1, -0.05) is 156 Å². The predicted molar refractivity (Wildman–Crippen MR) is 240 cm³/mol. The monoisotopic (exact) mass is 827 g/mol. The molecule has 7 nitrogen and oxygen atoms in total. The van der Waals surface area contributed by atoms with Gasteiger partial charge in [-0.2, -0.15) is 0 Å². The van der Waals surface area contributed by atoms with Crippen molar-refractivity contribution in [2.75, 3.05) is 6.61 Å². The molecule has 0 aromatic rings. The highest BCUT2D eigenvalue weighted by molar-refractivity contribution is 5.69. The summed E-state index contributed by atoms with van der Waals surface area (Å²) in [5, 5.41) is 32.5. The van der Waals surface area contributed by atoms with E-state index < -0.39 is 30.7 Å². The van der Waals surface area contributed by atoms with Crippen LogP contribution in [0.1, 0.15) is 203 Å². The molecule has 4 aliphatic carbocycles. The summed E-state index contributed by atoms with van der Waals surface area (Å²) in [5.74, 6) is 4.62. The topological polar surface area (TPSA) is 105 Å². The fourth-order valence-corrected chi connectivity index (χ4v) is 13.0. The molecular weight excluding hydrogens is 737 g/mol. The number of hydrogen-bond donors (Lipinski definition) is 3. The first-order valence-corrected chi connectivity index (χ1v) is 25.2. The molecule has 1 aliphatic heterocycles. The van der Waals surface area contributed by atoms with Crippen molar-refractivity contribution in [3.8, 4) is 0 Å². The molecule has 3 N–H and O–H groups in total. The van der Waals surface area contributed by atoms with E-state index in [1.807, 2.05) is 0 Å². The van der Waals surface area contributed by atoms with E-state index in [1.54, 1.807) is 0 Å². The summed E-state index contributed by atoms with van der Waals surface area (Å²) in [7, 11) is 0. The van der Waals surface area contributed by atoms with Gasteiger partial charge in [0, 0.05) is 6.42 Å². The van der Waals surface area contributed by atoms with Gasteiger partial charge in [0.25, 0.3) is 0 Å². The molecule has 1 heterocycles. The average Bonchev–Trinajstić information content (AvgIpc) is 3.58. The number of aliphatic hydroxyl groups is 3. The van der Waals surface area contributed by atoms with E-state index in [9.17, 15) is 20.1 Å². The maximum Gasteiger partial charge on any atom is 0.305 e. The van der Waals surface area contributed by atoms with Crippen LogP contribution in [0.15, 0.2) is 23.8 Å². The van der Waals surface area contributed by atoms with Gasteiger partial charge in [0.15, 0.2) is 6.29 Å². The van der Waals surface area contributed by atoms with E-state index in [0.717, 1.165) is 62.7 Å². The van der Waals surface area contributed by atoms with Gasteiger partial charge in [0.05, 0.1) is 6.10 Å². The van der Waals surface area contributed by atoms with E-state index in [4.69, 9.17) is 14.2 Å². The highest BCUT2D eigenvalue weighted by Crippen LogP contribution is 2.67. The lowest BCUT2D eigenvalue weighted by molar-refractivity contribution is -0.313. The third-order valence-corrected chi connectivity index (χ3v) is 16.9. The van der Waals surface area contributed by atoms with Crippen LogP contribution in [0.2, 0.25) is 0 Å². The van der Waals surface area contributed by atoms with Crippen molar-refractivity contribution in [3.63, 3.8) is 0 Å². The Hall–Kier alpha value is -1.25. The van der Waals surface area contributed by atoms with Crippen LogP contribution >= 0.6 is 0 Å². The number of rotatable bonds is 24. The number of carbonyl (C=O) groups is 1. The second kappa shape index (κ2) is 23.4. The molecule has 0 spiro atoms. The fourth-order valence-electron chi connectivity index (χ4n) is 13.0. The third-order valence-electron chi connectivity index (χ3n) is 16.9. The zero-order valence-corrected chi connectivity index (χ0v) is 38.9. The number of carbonyl (C=O) groups excluding carboxylic acids is 1. The first kappa shape index (κ1) is 48.8. The van der Waals surface area contributed by atoms with Gasteiger partial charge >= 0.3 is 5.97 Å². The smallest absolute Gasteiger partial charge is 0.305 e. The molecule has 3 saturated carbocycles. The van der Waals surface area contributed by atoms with Gasteiger partial charge in [-0.25, -0.2) is 0 Å². The van der Waals surface area contributed by atoms with Gasteiger partial charge < -0.3 is 29.5 Å². The highest BCUT2D eigenvalue weighted by atomic mass is 16.7. The first-order valence-electron chi connectivity index (χ1n) is 25.2. The van der Waals surface area contributed by atoms with Crippen LogP contribution < -0.4 is 0 Å². The molecule has 0 amide bonds. The number of ether oxygens (including phenoxy) is 3. The molecule has 0 bridgehead atoms. The summed E-state index contributed by atoms with van der Waals surface area (Å²) in [4.78, 5) is 12.6. The lowest BCUT2D eigenvalue weighted by Crippen LogP contribution is -2.60. The van der Waals surface area contributed by atoms with Crippen molar-refractivity contribution in [1.82, 2.24) is 0 Å². The normalized spacial score (nSPS) is 36.8. The standard InChI is InChI=1S/C52H90O7/c1-8-10-11-12-13-14-15-16-17-18-19-20-21-22-23-46(53)57-35-45-47(54)48(55)49(56)50(59-45)58-40-30-32-51(6)39(34-40)26-27-41-43-29-28-42(52(43,7)33-31-44(41)51)37(5)24-25-38(9-2)36(3)4/h24-26,36-38,40-45,47-50,54-56H,8-23,27-35H2,1-7H3/b25-24+/t37-,38-,40+,41+,42-,43+,44+,45-,47-,48+,49-,50-,51+,52-/m1/s1. The van der Waals surface area contributed by atoms with E-state index in [2.05, 4.69) is 66.7 Å². The molecule has 0 radical (unpaired) electrons. The van der Waals surface area contributed by atoms with Crippen LogP contribution in [-0.4, -0.2) is 64.7 Å². The summed E-state index contributed by atoms with van der Waals surface area (Å²) >= 11 is 0. The number of allylic oxidation sites excluding steroid dienone is 3. The summed E-state index contributed by atoms with van der Waals surface area (Å²) in [5.41, 5.74) is 2.05. The van der Waals surface area contributed by atoms with Crippen molar-refractivity contribution >= 4 is 5.97 Å². The Morgan fingerprint density at radius 1 is 0.797 bits per heavy atom. The average molecular weight is 827 g/mol. The van der Waals surface area contributed by atoms with Crippen LogP contribution in [0.25, 0.3) is 0 Å². The van der Waals surface area contributed by atoms with E-state index >= 15 is 0 Å². The number of aliphatic hydroxyl groups excluding tert-OH is 3. The predicted octanol–water partition coefficient (Wildman–Crippen LogP) is 12.0. The summed E-state index contributed by atoms with van der Waals surface area (Å²) in [6, 6.07) is 0. The Morgan fingerprint density at radius 2 is 1.44 bits per heavy atom. The minimum Gasteiger partial charge on any atom is -0.463 e. The molecule has 0 aromatic heterocycles. The summed E-state index contributed by atoms with van der Waals surface area (Å²) in [6.07, 6.45) is 29.6. The van der Waals surface area contributed by atoms with Crippen LogP contribution in [0.3, 0.4) is 0 Å². The maximum absolute atomic E-state index is 12.6. The zero-order valence-electron chi connectivity index (χ0n) is 38.9. The van der Waals surface area contributed by atoms with Crippen LogP contribution in [0.4, 0.5) is 0 Å². The Morgan fingerprint density at radius 3 is 2.07 bits per heavy atom. The lowest BCUT2D eigenvalue weighted by Gasteiger charge is -2.58. The van der Waals surface area contributed by atoms with Gasteiger partial charge in [0.1, 0.15) is 31.0 Å². The summed E-state index contributed by atoms with van der Waals surface area (Å²) in [6.45, 7) is 16.7. The Balaban J connectivity index is 1.03. The summed E-state index contributed by atoms with van der Waals surface area (Å²) < 4.78 is 18.0. The molecular formula is C52H90O7.